The molecule has 0 bridgehead atoms. The first kappa shape index (κ1) is 20.6. The maximum Gasteiger partial charge on any atom is 0.231 e. The summed E-state index contributed by atoms with van der Waals surface area (Å²) < 4.78 is 17.5. The molecule has 0 radical (unpaired) electrons. The summed E-state index contributed by atoms with van der Waals surface area (Å²) >= 11 is 5.96. The van der Waals surface area contributed by atoms with Crippen LogP contribution < -0.4 is 14.2 Å². The van der Waals surface area contributed by atoms with Crippen LogP contribution in [-0.2, 0) is 13.1 Å². The second kappa shape index (κ2) is 8.34. The van der Waals surface area contributed by atoms with Gasteiger partial charge in [-0.25, -0.2) is 0 Å². The Balaban J connectivity index is 1.42. The molecule has 0 atom stereocenters. The number of Topliss-reactive ketones (excluding diaryl/α,β-unsaturated/α-hetero) is 1. The van der Waals surface area contributed by atoms with Gasteiger partial charge in [-0.3, -0.25) is 9.69 Å². The Hall–Kier alpha value is -3.28. The summed E-state index contributed by atoms with van der Waals surface area (Å²) in [6.07, 6.45) is 1.74. The van der Waals surface area contributed by atoms with Gasteiger partial charge in [-0.05, 0) is 42.8 Å². The van der Waals surface area contributed by atoms with Crippen LogP contribution in [0.15, 0.2) is 60.4 Å². The molecule has 0 unspecified atom stereocenters. The van der Waals surface area contributed by atoms with Crippen LogP contribution in [0.4, 0.5) is 0 Å². The number of allylic oxidation sites excluding steroid dienone is 1. The molecule has 5 rings (SSSR count). The third-order valence-corrected chi connectivity index (χ3v) is 6.01. The molecule has 162 valence electrons. The Kier molecular flexibility index (Phi) is 5.37. The van der Waals surface area contributed by atoms with Crippen LogP contribution >= 0.6 is 11.6 Å². The third-order valence-electron chi connectivity index (χ3n) is 5.76. The first-order chi connectivity index (χ1) is 15.5. The van der Waals surface area contributed by atoms with Gasteiger partial charge in [0.05, 0.1) is 12.7 Å². The summed E-state index contributed by atoms with van der Waals surface area (Å²) in [7, 11) is 1.67. The molecule has 0 spiro atoms. The monoisotopic (exact) mass is 447 g/mol. The molecule has 32 heavy (non-hydrogen) atoms. The highest BCUT2D eigenvalue weighted by molar-refractivity contribution is 6.30. The number of nitrogens with zero attached hydrogens (tertiary/aromatic N) is 1. The second-order valence-electron chi connectivity index (χ2n) is 7.93. The molecule has 0 saturated carbocycles. The zero-order valence-corrected chi connectivity index (χ0v) is 18.6. The van der Waals surface area contributed by atoms with Crippen molar-refractivity contribution in [3.8, 4) is 17.2 Å². The molecule has 0 aromatic heterocycles. The van der Waals surface area contributed by atoms with Crippen LogP contribution in [0, 0.1) is 6.92 Å². The van der Waals surface area contributed by atoms with Crippen LogP contribution in [0.5, 0.6) is 17.2 Å². The summed E-state index contributed by atoms with van der Waals surface area (Å²) in [6.45, 7) is 3.74. The molecule has 6 heteroatoms. The summed E-state index contributed by atoms with van der Waals surface area (Å²) in [4.78, 5) is 15.2. The molecule has 2 aliphatic heterocycles. The molecular weight excluding hydrogens is 426 g/mol. The molecule has 0 fully saturated rings. The molecule has 5 nitrogen and oxygen atoms in total. The van der Waals surface area contributed by atoms with Gasteiger partial charge >= 0.3 is 0 Å². The molecule has 0 amide bonds. The lowest BCUT2D eigenvalue weighted by molar-refractivity contribution is 0.0869. The Morgan fingerprint density at radius 3 is 2.69 bits per heavy atom. The van der Waals surface area contributed by atoms with Gasteiger partial charge < -0.3 is 14.2 Å². The van der Waals surface area contributed by atoms with E-state index >= 15 is 0 Å². The first-order valence-corrected chi connectivity index (χ1v) is 10.7. The fraction of sp³-hybridized carbons (Fsp3) is 0.192. The predicted molar refractivity (Wildman–Crippen MR) is 123 cm³/mol. The number of hydrogen-bond acceptors (Lipinski definition) is 5. The molecular formula is C26H22ClNO4. The highest BCUT2D eigenvalue weighted by Gasteiger charge is 2.33. The number of carbonyl (C=O) groups is 1. The van der Waals surface area contributed by atoms with Gasteiger partial charge in [-0.15, -0.1) is 0 Å². The summed E-state index contributed by atoms with van der Waals surface area (Å²) in [5, 5.41) is 0.646. The van der Waals surface area contributed by atoms with Crippen molar-refractivity contribution in [1.82, 2.24) is 4.90 Å². The number of ether oxygens (including phenoxy) is 3. The van der Waals surface area contributed by atoms with E-state index in [9.17, 15) is 4.79 Å². The second-order valence-corrected chi connectivity index (χ2v) is 8.37. The summed E-state index contributed by atoms with van der Waals surface area (Å²) in [5.41, 5.74) is 4.35. The lowest BCUT2D eigenvalue weighted by Gasteiger charge is -2.30. The molecule has 2 aliphatic rings. The topological polar surface area (TPSA) is 48.0 Å². The average Bonchev–Trinajstić information content (AvgIpc) is 3.11. The highest BCUT2D eigenvalue weighted by atomic mass is 35.5. The SMILES string of the molecule is COc1ccccc1CN1COc2c(cc3c(c2C)O/C(=C\c2ccc(Cl)cc2)C3=O)C1. The zero-order chi connectivity index (χ0) is 22.2. The number of carbonyl (C=O) groups excluding carboxylic acids is 1. The van der Waals surface area contributed by atoms with Crippen molar-refractivity contribution in [2.75, 3.05) is 13.8 Å². The third kappa shape index (κ3) is 3.74. The van der Waals surface area contributed by atoms with Gasteiger partial charge in [0.25, 0.3) is 0 Å². The van der Waals surface area contributed by atoms with Gasteiger partial charge in [0.1, 0.15) is 24.0 Å². The number of fused-ring (bicyclic) bond motifs is 2. The van der Waals surface area contributed by atoms with Crippen molar-refractivity contribution in [2.45, 2.75) is 20.0 Å². The number of ketones is 1. The van der Waals surface area contributed by atoms with E-state index in [1.807, 2.05) is 49.4 Å². The highest BCUT2D eigenvalue weighted by Crippen LogP contribution is 2.43. The van der Waals surface area contributed by atoms with E-state index < -0.39 is 0 Å². The molecule has 0 aliphatic carbocycles. The molecule has 2 heterocycles. The van der Waals surface area contributed by atoms with E-state index in [0.717, 1.165) is 33.8 Å². The van der Waals surface area contributed by atoms with Crippen molar-refractivity contribution >= 4 is 23.5 Å². The largest absolute Gasteiger partial charge is 0.496 e. The van der Waals surface area contributed by atoms with Crippen LogP contribution in [-0.4, -0.2) is 24.5 Å². The van der Waals surface area contributed by atoms with E-state index in [1.165, 1.54) is 0 Å². The van der Waals surface area contributed by atoms with Crippen molar-refractivity contribution < 1.29 is 19.0 Å². The Labute approximate surface area is 191 Å². The number of para-hydroxylation sites is 1. The number of halogens is 1. The average molecular weight is 448 g/mol. The lowest BCUT2D eigenvalue weighted by Crippen LogP contribution is -2.32. The summed E-state index contributed by atoms with van der Waals surface area (Å²) in [5.74, 6) is 2.40. The Bertz CT molecular complexity index is 1230. The van der Waals surface area contributed by atoms with Crippen molar-refractivity contribution in [1.29, 1.82) is 0 Å². The van der Waals surface area contributed by atoms with Crippen LogP contribution in [0.2, 0.25) is 5.02 Å². The fourth-order valence-electron chi connectivity index (χ4n) is 4.18. The lowest BCUT2D eigenvalue weighted by atomic mass is 9.99. The minimum absolute atomic E-state index is 0.122. The number of rotatable bonds is 4. The predicted octanol–water partition coefficient (Wildman–Crippen LogP) is 5.63. The normalized spacial score (nSPS) is 16.3. The minimum atomic E-state index is -0.122. The molecule has 3 aromatic carbocycles. The molecule has 3 aromatic rings. The quantitative estimate of drug-likeness (QED) is 0.485. The van der Waals surface area contributed by atoms with Gasteiger partial charge in [-0.2, -0.15) is 0 Å². The van der Waals surface area contributed by atoms with E-state index in [4.69, 9.17) is 25.8 Å². The van der Waals surface area contributed by atoms with Crippen molar-refractivity contribution in [3.05, 3.63) is 93.2 Å². The van der Waals surface area contributed by atoms with Crippen LogP contribution in [0.3, 0.4) is 0 Å². The standard InChI is InChI=1S/C26H22ClNO4/c1-16-25-19(14-28(15-31-25)13-18-5-3-4-6-22(18)30-2)12-21-24(29)23(32-26(16)21)11-17-7-9-20(27)10-8-17/h3-12H,13-15H2,1-2H3/b23-11-. The Morgan fingerprint density at radius 1 is 1.12 bits per heavy atom. The van der Waals surface area contributed by atoms with Crippen LogP contribution in [0.25, 0.3) is 6.08 Å². The zero-order valence-electron chi connectivity index (χ0n) is 17.9. The number of methoxy groups -OCH3 is 1. The van der Waals surface area contributed by atoms with Gasteiger partial charge in [0, 0.05) is 34.8 Å². The van der Waals surface area contributed by atoms with Gasteiger partial charge in [-0.1, -0.05) is 41.9 Å². The van der Waals surface area contributed by atoms with Gasteiger partial charge in [0.2, 0.25) is 5.78 Å². The smallest absolute Gasteiger partial charge is 0.231 e. The number of hydrogen-bond donors (Lipinski definition) is 0. The van der Waals surface area contributed by atoms with E-state index in [0.29, 0.717) is 41.9 Å². The van der Waals surface area contributed by atoms with Crippen molar-refractivity contribution in [3.63, 3.8) is 0 Å². The molecule has 0 N–H and O–H groups in total. The molecule has 0 saturated heterocycles. The first-order valence-electron chi connectivity index (χ1n) is 10.4. The van der Waals surface area contributed by atoms with Crippen molar-refractivity contribution in [2.24, 2.45) is 0 Å². The van der Waals surface area contributed by atoms with Gasteiger partial charge in [0.15, 0.2) is 5.76 Å². The fourth-order valence-corrected chi connectivity index (χ4v) is 4.31. The Morgan fingerprint density at radius 2 is 1.91 bits per heavy atom. The summed E-state index contributed by atoms with van der Waals surface area (Å²) in [6, 6.07) is 17.1. The maximum absolute atomic E-state index is 13.1. The minimum Gasteiger partial charge on any atom is -0.496 e. The van der Waals surface area contributed by atoms with E-state index in [1.54, 1.807) is 25.3 Å². The maximum atomic E-state index is 13.1. The van der Waals surface area contributed by atoms with E-state index in [2.05, 4.69) is 4.90 Å². The van der Waals surface area contributed by atoms with Crippen LogP contribution in [0.1, 0.15) is 32.6 Å². The number of benzene rings is 3. The van der Waals surface area contributed by atoms with E-state index in [-0.39, 0.29) is 5.78 Å².